The van der Waals surface area contributed by atoms with Crippen LogP contribution in [0.5, 0.6) is 0 Å². The number of alkyl halides is 1. The number of benzene rings is 2. The lowest BCUT2D eigenvalue weighted by atomic mass is 9.94. The first-order valence-corrected chi connectivity index (χ1v) is 12.6. The van der Waals surface area contributed by atoms with Crippen LogP contribution >= 0.6 is 0 Å². The molecule has 3 rings (SSSR count). The quantitative estimate of drug-likeness (QED) is 0.369. The standard InChI is InChI=1S/C24H30FN5O4S/c1-5-15(2)20(26)22-28-21(29-34-22)16-7-6-8-19(13-16)35(32,33)30-18-11-9-17(10-12-18)27-23(31)24(3,4)14-25/h6-13,15,20,30H,5,14,26H2,1-4H3,(H,27,31)/t15?,20-/m0/s1. The molecule has 4 N–H and O–H groups in total. The van der Waals surface area contributed by atoms with E-state index >= 15 is 0 Å². The Kier molecular flexibility index (Phi) is 7.91. The summed E-state index contributed by atoms with van der Waals surface area (Å²) in [6.45, 7) is 6.19. The molecular weight excluding hydrogens is 473 g/mol. The van der Waals surface area contributed by atoms with Crippen LogP contribution in [0.25, 0.3) is 11.4 Å². The molecule has 35 heavy (non-hydrogen) atoms. The van der Waals surface area contributed by atoms with Gasteiger partial charge in [0.1, 0.15) is 6.67 Å². The van der Waals surface area contributed by atoms with Crippen molar-refractivity contribution in [2.45, 2.75) is 45.1 Å². The van der Waals surface area contributed by atoms with Crippen molar-refractivity contribution in [1.82, 2.24) is 10.1 Å². The highest BCUT2D eigenvalue weighted by atomic mass is 32.2. The van der Waals surface area contributed by atoms with Crippen molar-refractivity contribution in [2.24, 2.45) is 17.1 Å². The molecule has 11 heteroatoms. The van der Waals surface area contributed by atoms with E-state index < -0.39 is 34.1 Å². The zero-order chi connectivity index (χ0) is 25.8. The van der Waals surface area contributed by atoms with Crippen molar-refractivity contribution < 1.29 is 22.1 Å². The Hall–Kier alpha value is -3.31. The molecule has 0 bridgehead atoms. The molecule has 9 nitrogen and oxygen atoms in total. The smallest absolute Gasteiger partial charge is 0.261 e. The number of aromatic nitrogens is 2. The topological polar surface area (TPSA) is 140 Å². The fourth-order valence-electron chi connectivity index (χ4n) is 2.98. The second-order valence-electron chi connectivity index (χ2n) is 9.05. The van der Waals surface area contributed by atoms with Crippen LogP contribution in [0.4, 0.5) is 15.8 Å². The average Bonchev–Trinajstić information content (AvgIpc) is 3.34. The Morgan fingerprint density at radius 2 is 1.83 bits per heavy atom. The van der Waals surface area contributed by atoms with Crippen molar-refractivity contribution in [1.29, 1.82) is 0 Å². The molecule has 1 amide bonds. The van der Waals surface area contributed by atoms with E-state index in [0.29, 0.717) is 22.8 Å². The molecule has 0 spiro atoms. The summed E-state index contributed by atoms with van der Waals surface area (Å²) in [5.41, 5.74) is 6.16. The minimum atomic E-state index is -3.93. The van der Waals surface area contributed by atoms with Crippen LogP contribution in [0.1, 0.15) is 46.0 Å². The van der Waals surface area contributed by atoms with Gasteiger partial charge in [0.05, 0.1) is 16.4 Å². The van der Waals surface area contributed by atoms with E-state index in [-0.39, 0.29) is 16.6 Å². The van der Waals surface area contributed by atoms with Gasteiger partial charge in [0.15, 0.2) is 0 Å². The number of hydrogen-bond acceptors (Lipinski definition) is 7. The van der Waals surface area contributed by atoms with Crippen LogP contribution in [0.15, 0.2) is 57.9 Å². The van der Waals surface area contributed by atoms with Crippen molar-refractivity contribution in [3.05, 3.63) is 54.4 Å². The summed E-state index contributed by atoms with van der Waals surface area (Å²) in [6.07, 6.45) is 0.848. The monoisotopic (exact) mass is 503 g/mol. The number of nitrogens with one attached hydrogen (secondary N) is 2. The number of nitrogens with zero attached hydrogens (tertiary/aromatic N) is 2. The zero-order valence-electron chi connectivity index (χ0n) is 20.1. The van der Waals surface area contributed by atoms with Crippen LogP contribution in [0.3, 0.4) is 0 Å². The maximum atomic E-state index is 13.0. The Labute approximate surface area is 204 Å². The molecule has 1 unspecified atom stereocenters. The Morgan fingerprint density at radius 3 is 2.46 bits per heavy atom. The van der Waals surface area contributed by atoms with E-state index in [9.17, 15) is 17.6 Å². The fourth-order valence-corrected chi connectivity index (χ4v) is 4.09. The third-order valence-electron chi connectivity index (χ3n) is 5.73. The molecule has 188 valence electrons. The molecule has 1 heterocycles. The number of hydrogen-bond donors (Lipinski definition) is 3. The highest BCUT2D eigenvalue weighted by Gasteiger charge is 2.27. The largest absolute Gasteiger partial charge is 0.337 e. The summed E-state index contributed by atoms with van der Waals surface area (Å²) in [6, 6.07) is 11.8. The van der Waals surface area contributed by atoms with E-state index in [1.165, 1.54) is 50.2 Å². The SMILES string of the molecule is CCC(C)[C@H](N)c1nc(-c2cccc(S(=O)(=O)Nc3ccc(NC(=O)C(C)(C)CF)cc3)c2)no1. The van der Waals surface area contributed by atoms with Crippen LogP contribution in [0, 0.1) is 11.3 Å². The van der Waals surface area contributed by atoms with Crippen LogP contribution in [-0.4, -0.2) is 31.1 Å². The van der Waals surface area contributed by atoms with Gasteiger partial charge in [0.25, 0.3) is 10.0 Å². The van der Waals surface area contributed by atoms with Crippen molar-refractivity contribution >= 4 is 27.3 Å². The predicted molar refractivity (Wildman–Crippen MR) is 132 cm³/mol. The third kappa shape index (κ3) is 6.23. The number of carbonyl (C=O) groups is 1. The third-order valence-corrected chi connectivity index (χ3v) is 7.11. The summed E-state index contributed by atoms with van der Waals surface area (Å²) in [5, 5.41) is 6.56. The molecule has 2 atom stereocenters. The maximum absolute atomic E-state index is 13.0. The second kappa shape index (κ2) is 10.5. The number of carbonyl (C=O) groups excluding carboxylic acids is 1. The zero-order valence-corrected chi connectivity index (χ0v) is 20.9. The average molecular weight is 504 g/mol. The lowest BCUT2D eigenvalue weighted by Crippen LogP contribution is -2.32. The Balaban J connectivity index is 1.75. The van der Waals surface area contributed by atoms with E-state index in [2.05, 4.69) is 20.2 Å². The first kappa shape index (κ1) is 26.3. The highest BCUT2D eigenvalue weighted by Crippen LogP contribution is 2.26. The number of rotatable bonds is 10. The van der Waals surface area contributed by atoms with Crippen LogP contribution in [0.2, 0.25) is 0 Å². The van der Waals surface area contributed by atoms with Gasteiger partial charge in [0.2, 0.25) is 17.6 Å². The summed E-state index contributed by atoms with van der Waals surface area (Å²) in [5.74, 6) is 0.212. The van der Waals surface area contributed by atoms with E-state index in [1.807, 2.05) is 13.8 Å². The van der Waals surface area contributed by atoms with Gasteiger partial charge in [-0.15, -0.1) is 0 Å². The lowest BCUT2D eigenvalue weighted by molar-refractivity contribution is -0.124. The normalized spacial score (nSPS) is 13.8. The molecule has 2 aromatic carbocycles. The predicted octanol–water partition coefficient (Wildman–Crippen LogP) is 4.52. The summed E-state index contributed by atoms with van der Waals surface area (Å²) in [7, 11) is -3.93. The van der Waals surface area contributed by atoms with Crippen LogP contribution in [-0.2, 0) is 14.8 Å². The summed E-state index contributed by atoms with van der Waals surface area (Å²) >= 11 is 0. The molecular formula is C24H30FN5O4S. The van der Waals surface area contributed by atoms with Gasteiger partial charge in [-0.25, -0.2) is 12.8 Å². The van der Waals surface area contributed by atoms with E-state index in [4.69, 9.17) is 10.3 Å². The van der Waals surface area contributed by atoms with Gasteiger partial charge in [-0.05, 0) is 56.2 Å². The number of nitrogens with two attached hydrogens (primary N) is 1. The molecule has 0 saturated heterocycles. The van der Waals surface area contributed by atoms with Gasteiger partial charge >= 0.3 is 0 Å². The molecule has 3 aromatic rings. The molecule has 1 aromatic heterocycles. The number of sulfonamides is 1. The van der Waals surface area contributed by atoms with Gasteiger partial charge in [-0.2, -0.15) is 4.98 Å². The molecule has 0 radical (unpaired) electrons. The van der Waals surface area contributed by atoms with Crippen molar-refractivity contribution in [3.63, 3.8) is 0 Å². The first-order valence-electron chi connectivity index (χ1n) is 11.2. The van der Waals surface area contributed by atoms with Crippen molar-refractivity contribution in [3.8, 4) is 11.4 Å². The van der Waals surface area contributed by atoms with E-state index in [0.717, 1.165) is 6.42 Å². The molecule has 0 aliphatic heterocycles. The lowest BCUT2D eigenvalue weighted by Gasteiger charge is -2.19. The highest BCUT2D eigenvalue weighted by molar-refractivity contribution is 7.92. The minimum Gasteiger partial charge on any atom is -0.337 e. The van der Waals surface area contributed by atoms with Crippen LogP contribution < -0.4 is 15.8 Å². The number of anilines is 2. The Morgan fingerprint density at radius 1 is 1.17 bits per heavy atom. The van der Waals surface area contributed by atoms with Gasteiger partial charge in [-0.3, -0.25) is 9.52 Å². The summed E-state index contributed by atoms with van der Waals surface area (Å²) < 4.78 is 46.7. The van der Waals surface area contributed by atoms with Gasteiger partial charge in [0, 0.05) is 16.9 Å². The molecule has 0 fully saturated rings. The van der Waals surface area contributed by atoms with Gasteiger partial charge < -0.3 is 15.6 Å². The molecule has 0 aliphatic rings. The van der Waals surface area contributed by atoms with Crippen molar-refractivity contribution in [2.75, 3.05) is 16.7 Å². The van der Waals surface area contributed by atoms with E-state index in [1.54, 1.807) is 12.1 Å². The fraction of sp³-hybridized carbons (Fsp3) is 0.375. The second-order valence-corrected chi connectivity index (χ2v) is 10.7. The Bertz CT molecular complexity index is 1280. The minimum absolute atomic E-state index is 0.00893. The molecule has 0 saturated carbocycles. The molecule has 0 aliphatic carbocycles. The first-order chi connectivity index (χ1) is 16.5. The summed E-state index contributed by atoms with van der Waals surface area (Å²) in [4.78, 5) is 16.5. The number of halogens is 1. The number of amides is 1. The van der Waals surface area contributed by atoms with Gasteiger partial charge in [-0.1, -0.05) is 37.6 Å². The maximum Gasteiger partial charge on any atom is 0.261 e.